The number of carbonyl (C=O) groups excluding carboxylic acids is 1. The van der Waals surface area contributed by atoms with Crippen molar-refractivity contribution in [2.45, 2.75) is 17.2 Å². The number of nitrogens with one attached hydrogen (secondary N) is 1. The SMILES string of the molecule is Cc1ccc(S(=O)(=O)Nc2cccc(C3SCC(=O)N3c3ccccc3F)c2)cc1. The Balaban J connectivity index is 1.64. The third-order valence-corrected chi connectivity index (χ3v) is 7.34. The van der Waals surface area contributed by atoms with Crippen molar-refractivity contribution in [2.75, 3.05) is 15.4 Å². The fourth-order valence-electron chi connectivity index (χ4n) is 3.27. The zero-order chi connectivity index (χ0) is 21.3. The van der Waals surface area contributed by atoms with E-state index < -0.39 is 21.2 Å². The van der Waals surface area contributed by atoms with Crippen molar-refractivity contribution in [3.05, 3.63) is 89.7 Å². The van der Waals surface area contributed by atoms with Gasteiger partial charge >= 0.3 is 0 Å². The number of hydrogen-bond acceptors (Lipinski definition) is 4. The number of hydrogen-bond donors (Lipinski definition) is 1. The lowest BCUT2D eigenvalue weighted by atomic mass is 10.1. The number of amides is 1. The molecule has 3 aromatic rings. The first-order valence-corrected chi connectivity index (χ1v) is 11.8. The van der Waals surface area contributed by atoms with Crippen LogP contribution in [-0.4, -0.2) is 20.1 Å². The van der Waals surface area contributed by atoms with Gasteiger partial charge in [-0.05, 0) is 48.9 Å². The highest BCUT2D eigenvalue weighted by atomic mass is 32.2. The maximum Gasteiger partial charge on any atom is 0.261 e. The first kappa shape index (κ1) is 20.4. The molecule has 30 heavy (non-hydrogen) atoms. The van der Waals surface area contributed by atoms with Gasteiger partial charge in [0, 0.05) is 5.69 Å². The quantitative estimate of drug-likeness (QED) is 0.621. The third-order valence-electron chi connectivity index (χ3n) is 4.74. The van der Waals surface area contributed by atoms with Crippen LogP contribution in [0.2, 0.25) is 0 Å². The van der Waals surface area contributed by atoms with Crippen LogP contribution in [-0.2, 0) is 14.8 Å². The fourth-order valence-corrected chi connectivity index (χ4v) is 5.47. The van der Waals surface area contributed by atoms with Crippen LogP contribution >= 0.6 is 11.8 Å². The Kier molecular flexibility index (Phi) is 5.53. The Labute approximate surface area is 179 Å². The van der Waals surface area contributed by atoms with Crippen LogP contribution in [0.3, 0.4) is 0 Å². The van der Waals surface area contributed by atoms with Crippen LogP contribution in [0.25, 0.3) is 0 Å². The summed E-state index contributed by atoms with van der Waals surface area (Å²) >= 11 is 1.37. The Bertz CT molecular complexity index is 1200. The minimum atomic E-state index is -3.75. The lowest BCUT2D eigenvalue weighted by Crippen LogP contribution is -2.28. The molecular formula is C22H19FN2O3S2. The Morgan fingerprint density at radius 3 is 2.50 bits per heavy atom. The second-order valence-electron chi connectivity index (χ2n) is 6.92. The molecule has 1 fully saturated rings. The summed E-state index contributed by atoms with van der Waals surface area (Å²) in [6.45, 7) is 1.88. The molecule has 1 N–H and O–H groups in total. The van der Waals surface area contributed by atoms with Crippen molar-refractivity contribution >= 4 is 39.1 Å². The number of aryl methyl sites for hydroxylation is 1. The van der Waals surface area contributed by atoms with E-state index in [0.29, 0.717) is 11.3 Å². The van der Waals surface area contributed by atoms with E-state index in [9.17, 15) is 17.6 Å². The number of para-hydroxylation sites is 1. The smallest absolute Gasteiger partial charge is 0.261 e. The number of carbonyl (C=O) groups is 1. The predicted octanol–water partition coefficient (Wildman–Crippen LogP) is 4.71. The van der Waals surface area contributed by atoms with Gasteiger partial charge in [0.1, 0.15) is 11.2 Å². The van der Waals surface area contributed by atoms with Crippen molar-refractivity contribution in [2.24, 2.45) is 0 Å². The van der Waals surface area contributed by atoms with E-state index in [1.807, 2.05) is 6.92 Å². The third kappa shape index (κ3) is 4.06. The molecule has 154 valence electrons. The zero-order valence-electron chi connectivity index (χ0n) is 16.1. The highest BCUT2D eigenvalue weighted by Gasteiger charge is 2.35. The summed E-state index contributed by atoms with van der Waals surface area (Å²) in [5.74, 6) is -0.450. The molecular weight excluding hydrogens is 423 g/mol. The van der Waals surface area contributed by atoms with E-state index in [2.05, 4.69) is 4.72 Å². The monoisotopic (exact) mass is 442 g/mol. The number of nitrogens with zero attached hydrogens (tertiary/aromatic N) is 1. The maximum absolute atomic E-state index is 14.3. The highest BCUT2D eigenvalue weighted by Crippen LogP contribution is 2.43. The van der Waals surface area contributed by atoms with Crippen LogP contribution in [0.1, 0.15) is 16.5 Å². The topological polar surface area (TPSA) is 66.5 Å². The zero-order valence-corrected chi connectivity index (χ0v) is 17.7. The maximum atomic E-state index is 14.3. The van der Waals surface area contributed by atoms with E-state index in [4.69, 9.17) is 0 Å². The molecule has 3 aromatic carbocycles. The fraction of sp³-hybridized carbons (Fsp3) is 0.136. The van der Waals surface area contributed by atoms with Gasteiger partial charge < -0.3 is 0 Å². The van der Waals surface area contributed by atoms with Crippen LogP contribution in [0, 0.1) is 12.7 Å². The summed E-state index contributed by atoms with van der Waals surface area (Å²) in [5, 5.41) is -0.446. The molecule has 1 saturated heterocycles. The van der Waals surface area contributed by atoms with Gasteiger partial charge in [-0.15, -0.1) is 11.8 Å². The summed E-state index contributed by atoms with van der Waals surface area (Å²) in [5.41, 5.74) is 2.26. The van der Waals surface area contributed by atoms with Gasteiger partial charge in [0.15, 0.2) is 0 Å². The van der Waals surface area contributed by atoms with Gasteiger partial charge in [-0.3, -0.25) is 14.4 Å². The van der Waals surface area contributed by atoms with E-state index >= 15 is 0 Å². The van der Waals surface area contributed by atoms with Crippen molar-refractivity contribution in [1.82, 2.24) is 0 Å². The molecule has 1 aliphatic heterocycles. The Morgan fingerprint density at radius 2 is 1.77 bits per heavy atom. The molecule has 1 heterocycles. The number of benzene rings is 3. The van der Waals surface area contributed by atoms with Crippen molar-refractivity contribution in [1.29, 1.82) is 0 Å². The number of thioether (sulfide) groups is 1. The van der Waals surface area contributed by atoms with Gasteiger partial charge in [-0.2, -0.15) is 0 Å². The minimum absolute atomic E-state index is 0.164. The van der Waals surface area contributed by atoms with Gasteiger partial charge in [0.2, 0.25) is 5.91 Å². The molecule has 0 bridgehead atoms. The van der Waals surface area contributed by atoms with E-state index in [1.165, 1.54) is 22.7 Å². The molecule has 0 aromatic heterocycles. The molecule has 4 rings (SSSR count). The standard InChI is InChI=1S/C22H19FN2O3S2/c1-15-9-11-18(12-10-15)30(27,28)24-17-6-4-5-16(13-17)22-25(21(26)14-29-22)20-8-3-2-7-19(20)23/h2-13,22,24H,14H2,1H3. The molecule has 1 aliphatic rings. The summed E-state index contributed by atoms with van der Waals surface area (Å²) in [4.78, 5) is 14.1. The minimum Gasteiger partial charge on any atom is -0.292 e. The lowest BCUT2D eigenvalue weighted by Gasteiger charge is -2.25. The molecule has 0 saturated carbocycles. The van der Waals surface area contributed by atoms with Gasteiger partial charge in [-0.25, -0.2) is 12.8 Å². The number of sulfonamides is 1. The average molecular weight is 443 g/mol. The van der Waals surface area contributed by atoms with Gasteiger partial charge in [0.25, 0.3) is 10.0 Å². The first-order valence-electron chi connectivity index (χ1n) is 9.23. The Hall–Kier alpha value is -2.84. The number of anilines is 2. The van der Waals surface area contributed by atoms with Crippen molar-refractivity contribution < 1.29 is 17.6 Å². The summed E-state index contributed by atoms with van der Waals surface area (Å²) in [7, 11) is -3.75. The number of halogens is 1. The van der Waals surface area contributed by atoms with Crippen LogP contribution in [0.5, 0.6) is 0 Å². The molecule has 8 heteroatoms. The summed E-state index contributed by atoms with van der Waals surface area (Å²) in [6, 6.07) is 19.5. The second-order valence-corrected chi connectivity index (χ2v) is 9.67. The van der Waals surface area contributed by atoms with E-state index in [0.717, 1.165) is 5.56 Å². The van der Waals surface area contributed by atoms with E-state index in [-0.39, 0.29) is 22.2 Å². The van der Waals surface area contributed by atoms with Gasteiger partial charge in [0.05, 0.1) is 16.3 Å². The molecule has 0 aliphatic carbocycles. The lowest BCUT2D eigenvalue weighted by molar-refractivity contribution is -0.115. The number of rotatable bonds is 5. The Morgan fingerprint density at radius 1 is 1.03 bits per heavy atom. The first-order chi connectivity index (χ1) is 14.3. The molecule has 0 radical (unpaired) electrons. The van der Waals surface area contributed by atoms with Crippen LogP contribution < -0.4 is 9.62 Å². The second kappa shape index (κ2) is 8.12. The average Bonchev–Trinajstić information content (AvgIpc) is 3.10. The predicted molar refractivity (Wildman–Crippen MR) is 118 cm³/mol. The van der Waals surface area contributed by atoms with Crippen LogP contribution in [0.15, 0.2) is 77.7 Å². The molecule has 1 atom stereocenters. The van der Waals surface area contributed by atoms with Crippen LogP contribution in [0.4, 0.5) is 15.8 Å². The molecule has 5 nitrogen and oxygen atoms in total. The largest absolute Gasteiger partial charge is 0.292 e. The normalized spacial score (nSPS) is 16.7. The molecule has 1 amide bonds. The highest BCUT2D eigenvalue weighted by molar-refractivity contribution is 8.00. The van der Waals surface area contributed by atoms with E-state index in [1.54, 1.807) is 66.7 Å². The van der Waals surface area contributed by atoms with Gasteiger partial charge in [-0.1, -0.05) is 42.0 Å². The molecule has 0 spiro atoms. The molecule has 1 unspecified atom stereocenters. The summed E-state index contributed by atoms with van der Waals surface area (Å²) in [6.07, 6.45) is 0. The van der Waals surface area contributed by atoms with Crippen molar-refractivity contribution in [3.8, 4) is 0 Å². The summed E-state index contributed by atoms with van der Waals surface area (Å²) < 4.78 is 42.3. The van der Waals surface area contributed by atoms with Crippen molar-refractivity contribution in [3.63, 3.8) is 0 Å².